The molecule has 0 amide bonds. The van der Waals surface area contributed by atoms with E-state index in [9.17, 15) is 4.79 Å². The third-order valence-electron chi connectivity index (χ3n) is 3.03. The fraction of sp³-hybridized carbons (Fsp3) is 0.553. The Morgan fingerprint density at radius 2 is 0.833 bits per heavy atom. The predicted octanol–water partition coefficient (Wildman–Crippen LogP) is 15.0. The van der Waals surface area contributed by atoms with Gasteiger partial charge in [0.2, 0.25) is 5.56 Å². The van der Waals surface area contributed by atoms with Gasteiger partial charge < -0.3 is 4.98 Å². The van der Waals surface area contributed by atoms with Crippen LogP contribution >= 0.6 is 0 Å². The molecule has 7 heteroatoms. The van der Waals surface area contributed by atoms with Gasteiger partial charge >= 0.3 is 0 Å². The maximum atomic E-state index is 10.2. The molecule has 0 spiro atoms. The summed E-state index contributed by atoms with van der Waals surface area (Å²) in [4.78, 5) is 23.8. The Labute approximate surface area is 337 Å². The first-order valence-electron chi connectivity index (χ1n) is 20.4. The summed E-state index contributed by atoms with van der Waals surface area (Å²) in [5.74, 6) is 3.33. The molecule has 7 nitrogen and oxygen atoms in total. The first-order valence-corrected chi connectivity index (χ1v) is 20.4. The van der Waals surface area contributed by atoms with E-state index in [1.54, 1.807) is 55.4 Å². The summed E-state index contributed by atoms with van der Waals surface area (Å²) in [5, 5.41) is 4.04. The Kier molecular flexibility index (Phi) is 84.3. The Bertz CT molecular complexity index is 1070. The summed E-state index contributed by atoms with van der Waals surface area (Å²) in [5.41, 5.74) is 1.08. The lowest BCUT2D eigenvalue weighted by Crippen LogP contribution is -1.98. The normalized spacial score (nSPS) is 7.81. The van der Waals surface area contributed by atoms with Crippen LogP contribution in [0.4, 0.5) is 0 Å². The molecule has 5 rings (SSSR count). The monoisotopic (exact) mass is 755 g/mol. The molecule has 314 valence electrons. The van der Waals surface area contributed by atoms with Gasteiger partial charge in [0.1, 0.15) is 6.33 Å². The molecule has 0 aliphatic carbocycles. The van der Waals surface area contributed by atoms with Crippen molar-refractivity contribution in [3.63, 3.8) is 0 Å². The minimum Gasteiger partial charge on any atom is -0.329 e. The lowest BCUT2D eigenvalue weighted by molar-refractivity contribution is 0.736. The van der Waals surface area contributed by atoms with Crippen LogP contribution in [0, 0.1) is 23.7 Å². The van der Waals surface area contributed by atoms with Crippen molar-refractivity contribution in [1.29, 1.82) is 0 Å². The van der Waals surface area contributed by atoms with Crippen LogP contribution in [0.15, 0.2) is 121 Å². The van der Waals surface area contributed by atoms with E-state index in [0.717, 1.165) is 29.2 Å². The zero-order valence-corrected chi connectivity index (χ0v) is 39.4. The number of rotatable bonds is 0. The van der Waals surface area contributed by atoms with E-state index < -0.39 is 0 Å². The first kappa shape index (κ1) is 67.9. The maximum absolute atomic E-state index is 10.2. The van der Waals surface area contributed by atoms with E-state index in [4.69, 9.17) is 0 Å². The average molecular weight is 755 g/mol. The Morgan fingerprint density at radius 3 is 1.06 bits per heavy atom. The molecule has 0 unspecified atom stereocenters. The lowest BCUT2D eigenvalue weighted by atomic mass is 10.3. The maximum Gasteiger partial charge on any atom is 0.247 e. The zero-order chi connectivity index (χ0) is 44.0. The summed E-state index contributed by atoms with van der Waals surface area (Å²) in [6.07, 6.45) is 13.7. The fourth-order valence-corrected chi connectivity index (χ4v) is 1.81. The Morgan fingerprint density at radius 1 is 0.444 bits per heavy atom. The molecule has 5 aromatic rings. The van der Waals surface area contributed by atoms with E-state index in [1.807, 2.05) is 122 Å². The molecule has 0 saturated heterocycles. The van der Waals surface area contributed by atoms with Crippen LogP contribution in [-0.2, 0) is 0 Å². The molecule has 0 fully saturated rings. The molecule has 0 aliphatic heterocycles. The molecule has 0 aliphatic rings. The molecule has 0 radical (unpaired) electrons. The molecular weight excluding hydrogens is 665 g/mol. The molecule has 0 atom stereocenters. The Hall–Kier alpha value is -4.13. The van der Waals surface area contributed by atoms with Gasteiger partial charge in [0.15, 0.2) is 0 Å². The fourth-order valence-electron chi connectivity index (χ4n) is 1.81. The van der Waals surface area contributed by atoms with Crippen molar-refractivity contribution in [1.82, 2.24) is 29.5 Å². The van der Waals surface area contributed by atoms with E-state index >= 15 is 0 Å². The highest BCUT2D eigenvalue weighted by atomic mass is 16.1. The highest BCUT2D eigenvalue weighted by molar-refractivity contribution is 5.44. The lowest BCUT2D eigenvalue weighted by Gasteiger charge is -1.86. The number of aromatic nitrogens is 6. The second-order valence-electron chi connectivity index (χ2n) is 12.0. The van der Waals surface area contributed by atoms with E-state index in [1.165, 1.54) is 12.4 Å². The van der Waals surface area contributed by atoms with Crippen molar-refractivity contribution in [2.75, 3.05) is 0 Å². The van der Waals surface area contributed by atoms with Crippen LogP contribution in [0.1, 0.15) is 152 Å². The van der Waals surface area contributed by atoms with Gasteiger partial charge in [0, 0.05) is 49.4 Å². The van der Waals surface area contributed by atoms with Crippen LogP contribution < -0.4 is 5.56 Å². The smallest absolute Gasteiger partial charge is 0.247 e. The van der Waals surface area contributed by atoms with E-state index in [-0.39, 0.29) is 5.56 Å². The summed E-state index contributed by atoms with van der Waals surface area (Å²) in [6.45, 7) is 46.0. The highest BCUT2D eigenvalue weighted by Crippen LogP contribution is 1.98. The number of pyridine rings is 3. The number of nitrogens with one attached hydrogen (secondary N) is 1. The summed E-state index contributed by atoms with van der Waals surface area (Å²) in [6, 6.07) is 20.4. The molecule has 0 bridgehead atoms. The van der Waals surface area contributed by atoms with Gasteiger partial charge in [-0.15, -0.1) is 0 Å². The van der Waals surface area contributed by atoms with Gasteiger partial charge in [-0.3, -0.25) is 9.78 Å². The summed E-state index contributed by atoms with van der Waals surface area (Å²) < 4.78 is 1.83. The van der Waals surface area contributed by atoms with Crippen LogP contribution in [0.25, 0.3) is 5.52 Å². The molecule has 0 aromatic carbocycles. The number of hydrogen-bond donors (Lipinski definition) is 1. The molecule has 5 heterocycles. The largest absolute Gasteiger partial charge is 0.329 e. The third kappa shape index (κ3) is 97.3. The summed E-state index contributed by atoms with van der Waals surface area (Å²) >= 11 is 0. The van der Waals surface area contributed by atoms with Crippen molar-refractivity contribution < 1.29 is 0 Å². The molecule has 0 saturated carbocycles. The van der Waals surface area contributed by atoms with Crippen LogP contribution in [-0.4, -0.2) is 29.5 Å². The quantitative estimate of drug-likeness (QED) is 0.170. The van der Waals surface area contributed by atoms with Crippen LogP contribution in [0.2, 0.25) is 0 Å². The number of fused-ring (bicyclic) bond motifs is 1. The standard InChI is InChI=1S/C7H6N2.C5H5NO.C5H5N.C4H4N2.4C4H10.5C2H6/c1-2-6-9-7(3-1)4-5-8-9;7-5-3-1-2-4-6-5;1-2-4-6-5-3-1;1-2-5-4-6-3-1;4*1-4(2)3;5*1-2/h1-6H;1-4H,(H,6,7);1-5H;1-4H;4*4H,1-3H3;5*1-2H3. The van der Waals surface area contributed by atoms with E-state index in [0.29, 0.717) is 0 Å². The van der Waals surface area contributed by atoms with Crippen molar-refractivity contribution in [2.45, 2.75) is 152 Å². The van der Waals surface area contributed by atoms with Gasteiger partial charge in [-0.25, -0.2) is 14.5 Å². The molecule has 1 N–H and O–H groups in total. The molecule has 54 heavy (non-hydrogen) atoms. The first-order chi connectivity index (χ1) is 25.8. The number of H-pyrrole nitrogens is 1. The van der Waals surface area contributed by atoms with Gasteiger partial charge in [-0.05, 0) is 66.1 Å². The topological polar surface area (TPSA) is 88.8 Å². The van der Waals surface area contributed by atoms with Gasteiger partial charge in [0.25, 0.3) is 0 Å². The zero-order valence-electron chi connectivity index (χ0n) is 39.4. The van der Waals surface area contributed by atoms with Crippen LogP contribution in [0.3, 0.4) is 0 Å². The van der Waals surface area contributed by atoms with Crippen molar-refractivity contribution in [3.8, 4) is 0 Å². The minimum atomic E-state index is -0.0532. The summed E-state index contributed by atoms with van der Waals surface area (Å²) in [7, 11) is 0. The second-order valence-corrected chi connectivity index (χ2v) is 12.0. The molecule has 5 aromatic heterocycles. The van der Waals surface area contributed by atoms with Gasteiger partial charge in [-0.2, -0.15) is 5.10 Å². The highest BCUT2D eigenvalue weighted by Gasteiger charge is 1.85. The van der Waals surface area contributed by atoms with Gasteiger partial charge in [0.05, 0.1) is 5.52 Å². The molecular formula is C47H90N6O. The van der Waals surface area contributed by atoms with Crippen LogP contribution in [0.5, 0.6) is 0 Å². The predicted molar refractivity (Wildman–Crippen MR) is 247 cm³/mol. The van der Waals surface area contributed by atoms with Gasteiger partial charge in [-0.1, -0.05) is 171 Å². The van der Waals surface area contributed by atoms with E-state index in [2.05, 4.69) is 108 Å². The number of nitrogens with zero attached hydrogens (tertiary/aromatic N) is 5. The Balaban J connectivity index is -0.0000000734. The van der Waals surface area contributed by atoms with Crippen molar-refractivity contribution in [2.24, 2.45) is 23.7 Å². The SMILES string of the molecule is CC.CC.CC.CC.CC.CC(C)C.CC(C)C.CC(C)C.CC(C)C.O=c1cccc[nH]1.c1ccn2nccc2c1.c1ccncc1.c1cncnc1. The minimum absolute atomic E-state index is 0.0532. The number of hydrogen-bond acceptors (Lipinski definition) is 5. The van der Waals surface area contributed by atoms with Crippen molar-refractivity contribution in [3.05, 3.63) is 127 Å². The van der Waals surface area contributed by atoms with Crippen molar-refractivity contribution >= 4 is 5.52 Å². The average Bonchev–Trinajstić information content (AvgIpc) is 3.67. The second kappa shape index (κ2) is 67.0. The number of aromatic amines is 1. The third-order valence-corrected chi connectivity index (χ3v) is 3.03.